The molecule has 2 heterocycles. The molecule has 0 bridgehead atoms. The highest BCUT2D eigenvalue weighted by atomic mass is 16.6. The number of fused-ring (bicyclic) bond motifs is 1. The number of amides is 1. The highest BCUT2D eigenvalue weighted by molar-refractivity contribution is 5.85. The summed E-state index contributed by atoms with van der Waals surface area (Å²) in [4.78, 5) is 29.0. The summed E-state index contributed by atoms with van der Waals surface area (Å²) < 4.78 is 5.55. The van der Waals surface area contributed by atoms with E-state index in [1.165, 1.54) is 0 Å². The van der Waals surface area contributed by atoms with Gasteiger partial charge in [0.2, 0.25) is 0 Å². The van der Waals surface area contributed by atoms with Gasteiger partial charge >= 0.3 is 12.1 Å². The quantitative estimate of drug-likeness (QED) is 0.863. The number of carbonyl (C=O) groups excluding carboxylic acids is 1. The Balaban J connectivity index is 1.88. The number of aliphatic carboxylic acids is 1. The van der Waals surface area contributed by atoms with E-state index < -0.39 is 23.2 Å². The van der Waals surface area contributed by atoms with E-state index in [1.54, 1.807) is 4.90 Å². The molecule has 3 aliphatic rings. The van der Waals surface area contributed by atoms with Crippen LogP contribution >= 0.6 is 0 Å². The second kappa shape index (κ2) is 5.65. The normalized spacial score (nSPS) is 31.5. The molecule has 6 heteroatoms. The summed E-state index contributed by atoms with van der Waals surface area (Å²) in [6.45, 7) is 7.27. The van der Waals surface area contributed by atoms with Crippen LogP contribution in [-0.2, 0) is 9.53 Å². The SMILES string of the molecule is CC(C)(C)OC(=O)N(C1CC1)C1(C(=O)O)CCN2CCCC2C1. The number of rotatable bonds is 3. The van der Waals surface area contributed by atoms with Gasteiger partial charge in [0.25, 0.3) is 0 Å². The maximum Gasteiger partial charge on any atom is 0.411 e. The zero-order valence-corrected chi connectivity index (χ0v) is 14.4. The molecule has 0 spiro atoms. The smallest absolute Gasteiger partial charge is 0.411 e. The zero-order chi connectivity index (χ0) is 16.8. The number of ether oxygens (including phenoxy) is 1. The fraction of sp³-hybridized carbons (Fsp3) is 0.882. The van der Waals surface area contributed by atoms with Crippen LogP contribution in [0, 0.1) is 0 Å². The van der Waals surface area contributed by atoms with E-state index in [-0.39, 0.29) is 12.1 Å². The number of hydrogen-bond donors (Lipinski definition) is 1. The Labute approximate surface area is 137 Å². The van der Waals surface area contributed by atoms with E-state index in [2.05, 4.69) is 4.90 Å². The Bertz CT molecular complexity index is 497. The van der Waals surface area contributed by atoms with Crippen LogP contribution < -0.4 is 0 Å². The molecule has 6 nitrogen and oxygen atoms in total. The van der Waals surface area contributed by atoms with Crippen molar-refractivity contribution in [1.82, 2.24) is 9.80 Å². The molecule has 1 amide bonds. The molecule has 23 heavy (non-hydrogen) atoms. The van der Waals surface area contributed by atoms with Crippen molar-refractivity contribution in [2.45, 2.75) is 82.5 Å². The number of carboxylic acids is 1. The van der Waals surface area contributed by atoms with Crippen molar-refractivity contribution in [3.8, 4) is 0 Å². The van der Waals surface area contributed by atoms with Gasteiger partial charge in [-0.05, 0) is 65.8 Å². The van der Waals surface area contributed by atoms with Gasteiger partial charge in [-0.3, -0.25) is 4.90 Å². The largest absolute Gasteiger partial charge is 0.479 e. The number of hydrogen-bond acceptors (Lipinski definition) is 4. The molecule has 1 saturated carbocycles. The van der Waals surface area contributed by atoms with Gasteiger partial charge in [-0.25, -0.2) is 9.59 Å². The van der Waals surface area contributed by atoms with Crippen molar-refractivity contribution in [2.24, 2.45) is 0 Å². The summed E-state index contributed by atoms with van der Waals surface area (Å²) in [6.07, 6.45) is 4.46. The molecule has 0 aromatic rings. The van der Waals surface area contributed by atoms with Gasteiger partial charge in [-0.15, -0.1) is 0 Å². The lowest BCUT2D eigenvalue weighted by Gasteiger charge is -2.47. The Morgan fingerprint density at radius 2 is 1.91 bits per heavy atom. The van der Waals surface area contributed by atoms with Crippen LogP contribution in [-0.4, -0.2) is 63.3 Å². The summed E-state index contributed by atoms with van der Waals surface area (Å²) in [6, 6.07) is 0.303. The molecule has 0 aromatic carbocycles. The third-order valence-corrected chi connectivity index (χ3v) is 5.25. The molecule has 0 aromatic heterocycles. The minimum atomic E-state index is -1.10. The second-order valence-corrected chi connectivity index (χ2v) is 8.20. The molecule has 3 rings (SSSR count). The van der Waals surface area contributed by atoms with Gasteiger partial charge in [0.05, 0.1) is 0 Å². The van der Waals surface area contributed by atoms with Crippen molar-refractivity contribution in [3.05, 3.63) is 0 Å². The van der Waals surface area contributed by atoms with Crippen LogP contribution in [0.2, 0.25) is 0 Å². The second-order valence-electron chi connectivity index (χ2n) is 8.20. The average Bonchev–Trinajstić information content (AvgIpc) is 3.13. The number of carboxylic acid groups (broad SMARTS) is 1. The van der Waals surface area contributed by atoms with Crippen LogP contribution in [0.1, 0.15) is 59.3 Å². The first kappa shape index (κ1) is 16.6. The summed E-state index contributed by atoms with van der Waals surface area (Å²) in [5.41, 5.74) is -1.72. The molecule has 2 aliphatic heterocycles. The molecule has 130 valence electrons. The van der Waals surface area contributed by atoms with Crippen LogP contribution in [0.15, 0.2) is 0 Å². The van der Waals surface area contributed by atoms with Crippen LogP contribution in [0.5, 0.6) is 0 Å². The van der Waals surface area contributed by atoms with Gasteiger partial charge in [-0.1, -0.05) is 0 Å². The summed E-state index contributed by atoms with van der Waals surface area (Å²) in [5, 5.41) is 10.0. The Kier molecular flexibility index (Phi) is 4.07. The molecule has 2 atom stereocenters. The molecule has 1 aliphatic carbocycles. The lowest BCUT2D eigenvalue weighted by Crippen LogP contribution is -2.64. The zero-order valence-electron chi connectivity index (χ0n) is 14.4. The minimum Gasteiger partial charge on any atom is -0.479 e. The summed E-state index contributed by atoms with van der Waals surface area (Å²) in [5.74, 6) is -0.873. The average molecular weight is 324 g/mol. The summed E-state index contributed by atoms with van der Waals surface area (Å²) >= 11 is 0. The predicted molar refractivity (Wildman–Crippen MR) is 85.3 cm³/mol. The lowest BCUT2D eigenvalue weighted by molar-refractivity contribution is -0.156. The standard InChI is InChI=1S/C17H28N2O4/c1-16(2,3)23-15(22)19(12-6-7-12)17(14(20)21)8-10-18-9-4-5-13(18)11-17/h12-13H,4-11H2,1-3H3,(H,20,21). The fourth-order valence-corrected chi connectivity index (χ4v) is 4.07. The molecular formula is C17H28N2O4. The number of piperidine rings is 1. The van der Waals surface area contributed by atoms with Crippen LogP contribution in [0.4, 0.5) is 4.79 Å². The molecule has 0 radical (unpaired) electrons. The molecule has 1 N–H and O–H groups in total. The molecular weight excluding hydrogens is 296 g/mol. The Morgan fingerprint density at radius 1 is 1.22 bits per heavy atom. The van der Waals surface area contributed by atoms with E-state index in [1.807, 2.05) is 20.8 Å². The first-order valence-corrected chi connectivity index (χ1v) is 8.73. The van der Waals surface area contributed by atoms with Crippen molar-refractivity contribution < 1.29 is 19.4 Å². The van der Waals surface area contributed by atoms with Gasteiger partial charge in [0.15, 0.2) is 0 Å². The predicted octanol–water partition coefficient (Wildman–Crippen LogP) is 2.47. The van der Waals surface area contributed by atoms with Crippen LogP contribution in [0.3, 0.4) is 0 Å². The topological polar surface area (TPSA) is 70.1 Å². The lowest BCUT2D eigenvalue weighted by atomic mass is 9.81. The van der Waals surface area contributed by atoms with Crippen molar-refractivity contribution in [2.75, 3.05) is 13.1 Å². The van der Waals surface area contributed by atoms with Crippen molar-refractivity contribution >= 4 is 12.1 Å². The maximum absolute atomic E-state index is 12.8. The number of carbonyl (C=O) groups is 2. The van der Waals surface area contributed by atoms with E-state index >= 15 is 0 Å². The van der Waals surface area contributed by atoms with Gasteiger partial charge in [0, 0.05) is 18.6 Å². The maximum atomic E-state index is 12.8. The van der Waals surface area contributed by atoms with Crippen LogP contribution in [0.25, 0.3) is 0 Å². The van der Waals surface area contributed by atoms with E-state index in [4.69, 9.17) is 4.74 Å². The fourth-order valence-electron chi connectivity index (χ4n) is 4.07. The first-order valence-electron chi connectivity index (χ1n) is 8.73. The highest BCUT2D eigenvalue weighted by Gasteiger charge is 2.56. The van der Waals surface area contributed by atoms with E-state index in [0.29, 0.717) is 12.8 Å². The Hall–Kier alpha value is -1.30. The monoisotopic (exact) mass is 324 g/mol. The summed E-state index contributed by atoms with van der Waals surface area (Å²) in [7, 11) is 0. The third kappa shape index (κ3) is 3.18. The van der Waals surface area contributed by atoms with Gasteiger partial charge in [0.1, 0.15) is 11.1 Å². The highest BCUT2D eigenvalue weighted by Crippen LogP contribution is 2.43. The van der Waals surface area contributed by atoms with Crippen molar-refractivity contribution in [1.29, 1.82) is 0 Å². The van der Waals surface area contributed by atoms with E-state index in [0.717, 1.165) is 38.8 Å². The van der Waals surface area contributed by atoms with Crippen molar-refractivity contribution in [3.63, 3.8) is 0 Å². The number of nitrogens with zero attached hydrogens (tertiary/aromatic N) is 2. The molecule has 3 fully saturated rings. The van der Waals surface area contributed by atoms with Gasteiger partial charge in [-0.2, -0.15) is 0 Å². The van der Waals surface area contributed by atoms with Gasteiger partial charge < -0.3 is 14.7 Å². The Morgan fingerprint density at radius 3 is 2.48 bits per heavy atom. The molecule has 2 unspecified atom stereocenters. The van der Waals surface area contributed by atoms with E-state index in [9.17, 15) is 14.7 Å². The minimum absolute atomic E-state index is 0.0221. The third-order valence-electron chi connectivity index (χ3n) is 5.25. The first-order chi connectivity index (χ1) is 10.7. The molecule has 2 saturated heterocycles.